The summed E-state index contributed by atoms with van der Waals surface area (Å²) in [5, 5.41) is 0. The molecule has 1 rings (SSSR count). The van der Waals surface area contributed by atoms with Gasteiger partial charge in [0.25, 0.3) is 0 Å². The lowest BCUT2D eigenvalue weighted by Gasteiger charge is -2.38. The number of likely N-dealkylation sites (tertiary alicyclic amines) is 1. The van der Waals surface area contributed by atoms with Crippen molar-refractivity contribution in [1.82, 2.24) is 9.80 Å². The Bertz CT molecular complexity index is 330. The van der Waals surface area contributed by atoms with Gasteiger partial charge in [0, 0.05) is 44.0 Å². The van der Waals surface area contributed by atoms with E-state index in [0.29, 0.717) is 11.3 Å². The monoisotopic (exact) mass is 278 g/mol. The van der Waals surface area contributed by atoms with Crippen LogP contribution in [0.25, 0.3) is 0 Å². The molecule has 0 N–H and O–H groups in total. The van der Waals surface area contributed by atoms with Crippen molar-refractivity contribution in [3.8, 4) is 0 Å². The lowest BCUT2D eigenvalue weighted by atomic mass is 9.90. The van der Waals surface area contributed by atoms with Crippen LogP contribution in [0.4, 0.5) is 0 Å². The van der Waals surface area contributed by atoms with Crippen molar-refractivity contribution in [2.75, 3.05) is 26.7 Å². The predicted molar refractivity (Wildman–Crippen MR) is 89.6 cm³/mol. The Morgan fingerprint density at radius 3 is 2.20 bits per heavy atom. The number of allylic oxidation sites excluding steroid dienone is 2. The smallest absolute Gasteiger partial charge is 0.0181 e. The first-order valence-electron chi connectivity index (χ1n) is 8.07. The average molecular weight is 278 g/mol. The highest BCUT2D eigenvalue weighted by Crippen LogP contribution is 2.28. The van der Waals surface area contributed by atoms with Gasteiger partial charge in [0.2, 0.25) is 0 Å². The lowest BCUT2D eigenvalue weighted by molar-refractivity contribution is 0.208. The Morgan fingerprint density at radius 1 is 1.20 bits per heavy atom. The van der Waals surface area contributed by atoms with Gasteiger partial charge >= 0.3 is 0 Å². The molecule has 1 aliphatic rings. The maximum atomic E-state index is 4.35. The normalized spacial score (nSPS) is 17.1. The fourth-order valence-corrected chi connectivity index (χ4v) is 2.71. The summed E-state index contributed by atoms with van der Waals surface area (Å²) in [7, 11) is 2.20. The molecule has 0 saturated carbocycles. The number of hydrogen-bond acceptors (Lipinski definition) is 2. The van der Waals surface area contributed by atoms with Crippen LogP contribution in [0.5, 0.6) is 0 Å². The van der Waals surface area contributed by atoms with Gasteiger partial charge in [0.05, 0.1) is 0 Å². The van der Waals surface area contributed by atoms with Crippen molar-refractivity contribution in [3.05, 3.63) is 24.6 Å². The van der Waals surface area contributed by atoms with Gasteiger partial charge in [-0.3, -0.25) is 0 Å². The van der Waals surface area contributed by atoms with Crippen molar-refractivity contribution in [2.24, 2.45) is 11.3 Å². The molecule has 0 atom stereocenters. The standard InChI is InChI=1S/C18H34N2/c1-8-15(2)20-12-9-17(10-13-20)16(3)19(7)14-11-18(4,5)6/h17H,2-3,8-14H2,1,4-7H3. The summed E-state index contributed by atoms with van der Waals surface area (Å²) >= 11 is 0. The molecule has 0 amide bonds. The molecule has 0 aromatic rings. The van der Waals surface area contributed by atoms with Crippen LogP contribution < -0.4 is 0 Å². The molecule has 1 fully saturated rings. The van der Waals surface area contributed by atoms with E-state index in [0.717, 1.165) is 26.1 Å². The molecule has 0 bridgehead atoms. The molecule has 116 valence electrons. The molecule has 2 heteroatoms. The second kappa shape index (κ2) is 7.19. The Labute approximate surface area is 126 Å². The van der Waals surface area contributed by atoms with E-state index in [-0.39, 0.29) is 0 Å². The summed E-state index contributed by atoms with van der Waals surface area (Å²) in [6.07, 6.45) is 4.72. The van der Waals surface area contributed by atoms with Gasteiger partial charge in [-0.25, -0.2) is 0 Å². The second-order valence-electron chi connectivity index (χ2n) is 7.40. The Morgan fingerprint density at radius 2 is 1.75 bits per heavy atom. The van der Waals surface area contributed by atoms with Crippen molar-refractivity contribution >= 4 is 0 Å². The van der Waals surface area contributed by atoms with Gasteiger partial charge in [-0.2, -0.15) is 0 Å². The largest absolute Gasteiger partial charge is 0.378 e. The third-order valence-electron chi connectivity index (χ3n) is 4.51. The van der Waals surface area contributed by atoms with Gasteiger partial charge < -0.3 is 9.80 Å². The van der Waals surface area contributed by atoms with Crippen molar-refractivity contribution in [3.63, 3.8) is 0 Å². The molecule has 20 heavy (non-hydrogen) atoms. The first-order chi connectivity index (χ1) is 9.24. The van der Waals surface area contributed by atoms with Gasteiger partial charge in [0.15, 0.2) is 0 Å². The molecule has 0 spiro atoms. The van der Waals surface area contributed by atoms with Crippen LogP contribution in [-0.2, 0) is 0 Å². The maximum Gasteiger partial charge on any atom is 0.0181 e. The summed E-state index contributed by atoms with van der Waals surface area (Å²) in [5.74, 6) is 0.654. The summed E-state index contributed by atoms with van der Waals surface area (Å²) in [4.78, 5) is 4.82. The highest BCUT2D eigenvalue weighted by atomic mass is 15.2. The fraction of sp³-hybridized carbons (Fsp3) is 0.778. The number of rotatable bonds is 6. The molecule has 1 saturated heterocycles. The third-order valence-corrected chi connectivity index (χ3v) is 4.51. The van der Waals surface area contributed by atoms with Crippen molar-refractivity contribution < 1.29 is 0 Å². The van der Waals surface area contributed by atoms with E-state index in [4.69, 9.17) is 0 Å². The first kappa shape index (κ1) is 17.1. The summed E-state index contributed by atoms with van der Waals surface area (Å²) in [6, 6.07) is 0. The highest BCUT2D eigenvalue weighted by Gasteiger charge is 2.23. The quantitative estimate of drug-likeness (QED) is 0.705. The van der Waals surface area contributed by atoms with Gasteiger partial charge in [-0.1, -0.05) is 40.9 Å². The minimum atomic E-state index is 0.400. The van der Waals surface area contributed by atoms with Crippen LogP contribution in [0.3, 0.4) is 0 Å². The Hall–Kier alpha value is -0.920. The molecule has 2 nitrogen and oxygen atoms in total. The van der Waals surface area contributed by atoms with E-state index in [2.05, 4.69) is 57.7 Å². The van der Waals surface area contributed by atoms with E-state index in [9.17, 15) is 0 Å². The third kappa shape index (κ3) is 5.22. The van der Waals surface area contributed by atoms with Crippen molar-refractivity contribution in [1.29, 1.82) is 0 Å². The SMILES string of the molecule is C=C(C1CCN(C(=C)CC)CC1)N(C)CCC(C)(C)C. The zero-order valence-corrected chi connectivity index (χ0v) is 14.3. The summed E-state index contributed by atoms with van der Waals surface area (Å²) < 4.78 is 0. The Kier molecular flexibility index (Phi) is 6.16. The number of hydrogen-bond donors (Lipinski definition) is 0. The molecule has 0 radical (unpaired) electrons. The predicted octanol–water partition coefficient (Wildman–Crippen LogP) is 4.50. The van der Waals surface area contributed by atoms with E-state index >= 15 is 0 Å². The Balaban J connectivity index is 2.40. The van der Waals surface area contributed by atoms with E-state index in [1.54, 1.807) is 0 Å². The van der Waals surface area contributed by atoms with E-state index in [1.807, 2.05) is 0 Å². The van der Waals surface area contributed by atoms with Crippen LogP contribution in [0, 0.1) is 11.3 Å². The van der Waals surface area contributed by atoms with Crippen LogP contribution in [-0.4, -0.2) is 36.5 Å². The minimum Gasteiger partial charge on any atom is -0.378 e. The van der Waals surface area contributed by atoms with Crippen LogP contribution in [0.1, 0.15) is 53.4 Å². The molecule has 0 aromatic heterocycles. The summed E-state index contributed by atoms with van der Waals surface area (Å²) in [6.45, 7) is 21.0. The molecule has 1 aliphatic heterocycles. The summed E-state index contributed by atoms with van der Waals surface area (Å²) in [5.41, 5.74) is 3.02. The zero-order chi connectivity index (χ0) is 15.3. The molecule has 0 aliphatic carbocycles. The maximum absolute atomic E-state index is 4.35. The first-order valence-corrected chi connectivity index (χ1v) is 8.07. The van der Waals surface area contributed by atoms with Gasteiger partial charge in [-0.15, -0.1) is 0 Å². The van der Waals surface area contributed by atoms with Crippen LogP contribution >= 0.6 is 0 Å². The van der Waals surface area contributed by atoms with E-state index in [1.165, 1.54) is 30.7 Å². The lowest BCUT2D eigenvalue weighted by Crippen LogP contribution is -2.36. The number of nitrogens with zero attached hydrogens (tertiary/aromatic N) is 2. The van der Waals surface area contributed by atoms with Crippen LogP contribution in [0.2, 0.25) is 0 Å². The second-order valence-corrected chi connectivity index (χ2v) is 7.40. The van der Waals surface area contributed by atoms with Gasteiger partial charge in [-0.05, 0) is 31.1 Å². The molecular formula is C18H34N2. The highest BCUT2D eigenvalue weighted by molar-refractivity contribution is 5.04. The van der Waals surface area contributed by atoms with Gasteiger partial charge in [0.1, 0.15) is 0 Å². The van der Waals surface area contributed by atoms with E-state index < -0.39 is 0 Å². The minimum absolute atomic E-state index is 0.400. The van der Waals surface area contributed by atoms with Crippen molar-refractivity contribution in [2.45, 2.75) is 53.4 Å². The molecule has 1 heterocycles. The molecule has 0 aromatic carbocycles. The molecular weight excluding hydrogens is 244 g/mol. The fourth-order valence-electron chi connectivity index (χ4n) is 2.71. The zero-order valence-electron chi connectivity index (χ0n) is 14.3. The van der Waals surface area contributed by atoms with Crippen LogP contribution in [0.15, 0.2) is 24.6 Å². The topological polar surface area (TPSA) is 6.48 Å². The average Bonchev–Trinajstić information content (AvgIpc) is 2.42. The number of piperidine rings is 1. The molecule has 0 unspecified atom stereocenters.